The third-order valence-corrected chi connectivity index (χ3v) is 5.56. The maximum atomic E-state index is 12.4. The molecule has 6 nitrogen and oxygen atoms in total. The minimum absolute atomic E-state index is 0.0226. The van der Waals surface area contributed by atoms with E-state index >= 15 is 0 Å². The van der Waals surface area contributed by atoms with Crippen LogP contribution in [0.4, 0.5) is 5.69 Å². The Morgan fingerprint density at radius 2 is 2.04 bits per heavy atom. The second-order valence-corrected chi connectivity index (χ2v) is 8.12. The van der Waals surface area contributed by atoms with Crippen molar-refractivity contribution in [2.45, 2.75) is 43.1 Å². The molecule has 136 valence electrons. The summed E-state index contributed by atoms with van der Waals surface area (Å²) in [5.41, 5.74) is 1.29. The SMILES string of the molecule is C[C@@H]1CN(CCNC(=O)c2ccc3c(c2)NC(=O)[C@H](C)S3)C[C@H](C)O1. The Labute approximate surface area is 152 Å². The van der Waals surface area contributed by atoms with Gasteiger partial charge in [-0.05, 0) is 39.0 Å². The van der Waals surface area contributed by atoms with Crippen LogP contribution in [0.15, 0.2) is 23.1 Å². The fraction of sp³-hybridized carbons (Fsp3) is 0.556. The van der Waals surface area contributed by atoms with E-state index in [1.165, 1.54) is 11.8 Å². The molecule has 0 radical (unpaired) electrons. The molecule has 2 aliphatic heterocycles. The van der Waals surface area contributed by atoms with E-state index in [0.29, 0.717) is 12.1 Å². The maximum Gasteiger partial charge on any atom is 0.251 e. The van der Waals surface area contributed by atoms with Crippen molar-refractivity contribution >= 4 is 29.3 Å². The van der Waals surface area contributed by atoms with Gasteiger partial charge in [0.15, 0.2) is 0 Å². The number of hydrogen-bond acceptors (Lipinski definition) is 5. The molecule has 1 saturated heterocycles. The number of nitrogens with zero attached hydrogens (tertiary/aromatic N) is 1. The van der Waals surface area contributed by atoms with Gasteiger partial charge >= 0.3 is 0 Å². The zero-order valence-electron chi connectivity index (χ0n) is 14.9. The first kappa shape index (κ1) is 18.2. The van der Waals surface area contributed by atoms with Crippen molar-refractivity contribution in [2.24, 2.45) is 0 Å². The van der Waals surface area contributed by atoms with Crippen molar-refractivity contribution < 1.29 is 14.3 Å². The highest BCUT2D eigenvalue weighted by molar-refractivity contribution is 8.00. The van der Waals surface area contributed by atoms with Crippen LogP contribution in [0.3, 0.4) is 0 Å². The second kappa shape index (κ2) is 7.76. The van der Waals surface area contributed by atoms with Crippen LogP contribution in [0.1, 0.15) is 31.1 Å². The van der Waals surface area contributed by atoms with Crippen molar-refractivity contribution in [3.8, 4) is 0 Å². The number of rotatable bonds is 4. The first-order valence-electron chi connectivity index (χ1n) is 8.70. The number of ether oxygens (including phenoxy) is 1. The fourth-order valence-corrected chi connectivity index (χ4v) is 4.18. The highest BCUT2D eigenvalue weighted by Gasteiger charge is 2.24. The molecule has 2 N–H and O–H groups in total. The quantitative estimate of drug-likeness (QED) is 0.856. The van der Waals surface area contributed by atoms with E-state index in [-0.39, 0.29) is 29.3 Å². The van der Waals surface area contributed by atoms with Gasteiger partial charge < -0.3 is 15.4 Å². The molecule has 0 aliphatic carbocycles. The molecule has 2 aliphatic rings. The average molecular weight is 363 g/mol. The molecule has 2 amide bonds. The Hall–Kier alpha value is -1.57. The van der Waals surface area contributed by atoms with E-state index in [9.17, 15) is 9.59 Å². The molecule has 0 bridgehead atoms. The van der Waals surface area contributed by atoms with Crippen molar-refractivity contribution in [3.63, 3.8) is 0 Å². The lowest BCUT2D eigenvalue weighted by atomic mass is 10.1. The molecule has 25 heavy (non-hydrogen) atoms. The maximum absolute atomic E-state index is 12.4. The fourth-order valence-electron chi connectivity index (χ4n) is 3.25. The van der Waals surface area contributed by atoms with Gasteiger partial charge in [-0.2, -0.15) is 0 Å². The molecule has 3 atom stereocenters. The summed E-state index contributed by atoms with van der Waals surface area (Å²) in [5, 5.41) is 5.72. The van der Waals surface area contributed by atoms with Crippen LogP contribution in [0.5, 0.6) is 0 Å². The summed E-state index contributed by atoms with van der Waals surface area (Å²) in [7, 11) is 0. The molecule has 1 aromatic carbocycles. The summed E-state index contributed by atoms with van der Waals surface area (Å²) >= 11 is 1.52. The van der Waals surface area contributed by atoms with Crippen LogP contribution >= 0.6 is 11.8 Å². The third-order valence-electron chi connectivity index (χ3n) is 4.38. The number of benzene rings is 1. The summed E-state index contributed by atoms with van der Waals surface area (Å²) in [6.45, 7) is 9.19. The van der Waals surface area contributed by atoms with E-state index in [0.717, 1.165) is 30.2 Å². The van der Waals surface area contributed by atoms with E-state index < -0.39 is 0 Å². The van der Waals surface area contributed by atoms with Gasteiger partial charge in [-0.3, -0.25) is 14.5 Å². The average Bonchev–Trinajstić information content (AvgIpc) is 2.54. The number of hydrogen-bond donors (Lipinski definition) is 2. The lowest BCUT2D eigenvalue weighted by Gasteiger charge is -2.35. The largest absolute Gasteiger partial charge is 0.373 e. The second-order valence-electron chi connectivity index (χ2n) is 6.73. The molecular formula is C18H25N3O3S. The van der Waals surface area contributed by atoms with Crippen molar-refractivity contribution in [1.29, 1.82) is 0 Å². The number of nitrogens with one attached hydrogen (secondary N) is 2. The lowest BCUT2D eigenvalue weighted by Crippen LogP contribution is -2.47. The van der Waals surface area contributed by atoms with E-state index in [1.54, 1.807) is 6.07 Å². The van der Waals surface area contributed by atoms with Crippen molar-refractivity contribution in [1.82, 2.24) is 10.2 Å². The van der Waals surface area contributed by atoms with Gasteiger partial charge in [-0.15, -0.1) is 11.8 Å². The van der Waals surface area contributed by atoms with Crippen LogP contribution in [0.2, 0.25) is 0 Å². The first-order chi connectivity index (χ1) is 11.9. The Bertz CT molecular complexity index is 657. The van der Waals surface area contributed by atoms with Gasteiger partial charge in [0.25, 0.3) is 5.91 Å². The normalized spacial score (nSPS) is 26.7. The Kier molecular flexibility index (Phi) is 5.66. The number of fused-ring (bicyclic) bond motifs is 1. The molecular weight excluding hydrogens is 338 g/mol. The zero-order chi connectivity index (χ0) is 18.0. The summed E-state index contributed by atoms with van der Waals surface area (Å²) in [5.74, 6) is -0.138. The van der Waals surface area contributed by atoms with Crippen LogP contribution in [-0.2, 0) is 9.53 Å². The topological polar surface area (TPSA) is 70.7 Å². The Balaban J connectivity index is 1.53. The lowest BCUT2D eigenvalue weighted by molar-refractivity contribution is -0.115. The van der Waals surface area contributed by atoms with Crippen molar-refractivity contribution in [3.05, 3.63) is 23.8 Å². The van der Waals surface area contributed by atoms with Gasteiger partial charge in [0.1, 0.15) is 0 Å². The number of morpholine rings is 1. The Morgan fingerprint density at radius 3 is 2.76 bits per heavy atom. The number of carbonyl (C=O) groups excluding carboxylic acids is 2. The van der Waals surface area contributed by atoms with E-state index in [2.05, 4.69) is 29.4 Å². The third kappa shape index (κ3) is 4.54. The predicted octanol–water partition coefficient (Wildman–Crippen LogP) is 1.96. The molecule has 1 fully saturated rings. The summed E-state index contributed by atoms with van der Waals surface area (Å²) < 4.78 is 5.72. The number of carbonyl (C=O) groups is 2. The number of anilines is 1. The number of amides is 2. The predicted molar refractivity (Wildman–Crippen MR) is 99.2 cm³/mol. The summed E-state index contributed by atoms with van der Waals surface area (Å²) in [6.07, 6.45) is 0.451. The molecule has 0 unspecified atom stereocenters. The number of thioether (sulfide) groups is 1. The van der Waals surface area contributed by atoms with Gasteiger partial charge in [0.2, 0.25) is 5.91 Å². The van der Waals surface area contributed by atoms with E-state index in [1.807, 2.05) is 19.1 Å². The highest BCUT2D eigenvalue weighted by atomic mass is 32.2. The monoisotopic (exact) mass is 363 g/mol. The summed E-state index contributed by atoms with van der Waals surface area (Å²) in [4.78, 5) is 27.5. The highest BCUT2D eigenvalue weighted by Crippen LogP contribution is 2.35. The molecule has 2 heterocycles. The molecule has 7 heteroatoms. The van der Waals surface area contributed by atoms with Crippen molar-refractivity contribution in [2.75, 3.05) is 31.5 Å². The van der Waals surface area contributed by atoms with Gasteiger partial charge in [0.05, 0.1) is 23.1 Å². The van der Waals surface area contributed by atoms with Crippen LogP contribution in [0, 0.1) is 0 Å². The molecule has 1 aromatic rings. The Morgan fingerprint density at radius 1 is 1.32 bits per heavy atom. The van der Waals surface area contributed by atoms with Crippen LogP contribution < -0.4 is 10.6 Å². The zero-order valence-corrected chi connectivity index (χ0v) is 15.7. The minimum Gasteiger partial charge on any atom is -0.373 e. The minimum atomic E-state index is -0.116. The standard InChI is InChI=1S/C18H25N3O3S/c1-11-9-21(10-12(2)24-11)7-6-19-18(23)14-4-5-16-15(8-14)20-17(22)13(3)25-16/h4-5,8,11-13H,6-7,9-10H2,1-3H3,(H,19,23)(H,20,22)/t11-,12+,13-/m0/s1. The van der Waals surface area contributed by atoms with Crippen LogP contribution in [0.25, 0.3) is 0 Å². The molecule has 3 rings (SSSR count). The molecule has 0 spiro atoms. The smallest absolute Gasteiger partial charge is 0.251 e. The van der Waals surface area contributed by atoms with Gasteiger partial charge in [-0.1, -0.05) is 0 Å². The first-order valence-corrected chi connectivity index (χ1v) is 9.58. The molecule has 0 saturated carbocycles. The molecule has 0 aromatic heterocycles. The van der Waals surface area contributed by atoms with Crippen LogP contribution in [-0.4, -0.2) is 60.4 Å². The summed E-state index contributed by atoms with van der Waals surface area (Å²) in [6, 6.07) is 5.46. The van der Waals surface area contributed by atoms with E-state index in [4.69, 9.17) is 4.74 Å². The van der Waals surface area contributed by atoms with Gasteiger partial charge in [-0.25, -0.2) is 0 Å². The van der Waals surface area contributed by atoms with Gasteiger partial charge in [0, 0.05) is 36.6 Å².